The van der Waals surface area contributed by atoms with E-state index < -0.39 is 22.7 Å². The number of carbonyl (C=O) groups excluding carboxylic acids is 1. The molecule has 0 saturated carbocycles. The van der Waals surface area contributed by atoms with Crippen molar-refractivity contribution in [1.29, 1.82) is 0 Å². The van der Waals surface area contributed by atoms with E-state index in [1.54, 1.807) is 6.92 Å². The van der Waals surface area contributed by atoms with Gasteiger partial charge in [0.2, 0.25) is 5.89 Å². The number of hydrogen-bond donors (Lipinski definition) is 0. The minimum Gasteiger partial charge on any atom is -0.415 e. The van der Waals surface area contributed by atoms with E-state index in [0.29, 0.717) is 5.89 Å². The summed E-state index contributed by atoms with van der Waals surface area (Å²) < 4.78 is 32.3. The number of nitrogens with zero attached hydrogens (tertiary/aromatic N) is 2. The van der Waals surface area contributed by atoms with Crippen LogP contribution in [-0.2, 0) is 5.41 Å². The normalized spacial score (nSPS) is 13.2. The van der Waals surface area contributed by atoms with Crippen LogP contribution in [0.25, 0.3) is 0 Å². The van der Waals surface area contributed by atoms with Crippen molar-refractivity contribution in [2.24, 2.45) is 0 Å². The lowest BCUT2D eigenvalue weighted by Gasteiger charge is -2.11. The quantitative estimate of drug-likeness (QED) is 0.627. The molecule has 1 unspecified atom stereocenters. The maximum atomic E-state index is 13.6. The third kappa shape index (κ3) is 3.71. The number of rotatable bonds is 4. The molecule has 0 spiro atoms. The Morgan fingerprint density at radius 2 is 1.95 bits per heavy atom. The molecule has 0 N–H and O–H groups in total. The van der Waals surface area contributed by atoms with Gasteiger partial charge >= 0.3 is 0 Å². The zero-order chi connectivity index (χ0) is 16.5. The molecule has 0 aliphatic rings. The lowest BCUT2D eigenvalue weighted by molar-refractivity contribution is 0.0989. The summed E-state index contributed by atoms with van der Waals surface area (Å²) in [5.41, 5.74) is -0.580. The number of thioether (sulfide) groups is 1. The molecule has 0 amide bonds. The maximum absolute atomic E-state index is 13.6. The SMILES string of the molecule is CC(Sc1nnc(C(C)(C)C)o1)C(=O)c1cc(F)ccc1F. The van der Waals surface area contributed by atoms with Crippen LogP contribution < -0.4 is 0 Å². The second-order valence-corrected chi connectivity index (χ2v) is 7.16. The Balaban J connectivity index is 2.15. The van der Waals surface area contributed by atoms with Gasteiger partial charge in [0, 0.05) is 5.41 Å². The fourth-order valence-electron chi connectivity index (χ4n) is 1.67. The summed E-state index contributed by atoms with van der Waals surface area (Å²) in [5, 5.41) is 7.33. The van der Waals surface area contributed by atoms with E-state index in [1.807, 2.05) is 20.8 Å². The second-order valence-electron chi connectivity index (χ2n) is 5.87. The van der Waals surface area contributed by atoms with Crippen molar-refractivity contribution in [3.05, 3.63) is 41.3 Å². The molecule has 0 radical (unpaired) electrons. The van der Waals surface area contributed by atoms with E-state index in [9.17, 15) is 13.6 Å². The van der Waals surface area contributed by atoms with Crippen molar-refractivity contribution in [1.82, 2.24) is 10.2 Å². The van der Waals surface area contributed by atoms with Gasteiger partial charge in [-0.2, -0.15) is 0 Å². The van der Waals surface area contributed by atoms with Gasteiger partial charge in [0.25, 0.3) is 5.22 Å². The van der Waals surface area contributed by atoms with Crippen molar-refractivity contribution in [3.63, 3.8) is 0 Å². The largest absolute Gasteiger partial charge is 0.415 e. The van der Waals surface area contributed by atoms with Crippen LogP contribution in [0.3, 0.4) is 0 Å². The summed E-state index contributed by atoms with van der Waals surface area (Å²) in [4.78, 5) is 12.2. The highest BCUT2D eigenvalue weighted by molar-refractivity contribution is 8.00. The molecule has 1 heterocycles. The number of Topliss-reactive ketones (excluding diaryl/α,β-unsaturated/α-hetero) is 1. The first kappa shape index (κ1) is 16.6. The van der Waals surface area contributed by atoms with Crippen LogP contribution in [-0.4, -0.2) is 21.2 Å². The van der Waals surface area contributed by atoms with Crippen LogP contribution >= 0.6 is 11.8 Å². The van der Waals surface area contributed by atoms with Gasteiger partial charge in [-0.3, -0.25) is 4.79 Å². The Morgan fingerprint density at radius 3 is 2.55 bits per heavy atom. The Labute approximate surface area is 131 Å². The number of hydrogen-bond acceptors (Lipinski definition) is 5. The third-order valence-electron chi connectivity index (χ3n) is 2.89. The molecule has 2 aromatic rings. The van der Waals surface area contributed by atoms with E-state index in [-0.39, 0.29) is 16.2 Å². The molecule has 1 atom stereocenters. The molecule has 7 heteroatoms. The first-order valence-electron chi connectivity index (χ1n) is 6.68. The molecule has 0 bridgehead atoms. The van der Waals surface area contributed by atoms with Crippen LogP contribution in [0.4, 0.5) is 8.78 Å². The minimum atomic E-state index is -0.750. The van der Waals surface area contributed by atoms with Gasteiger partial charge in [-0.05, 0) is 25.1 Å². The van der Waals surface area contributed by atoms with Crippen molar-refractivity contribution in [3.8, 4) is 0 Å². The smallest absolute Gasteiger partial charge is 0.277 e. The number of ketones is 1. The molecule has 1 aromatic heterocycles. The highest BCUT2D eigenvalue weighted by atomic mass is 32.2. The maximum Gasteiger partial charge on any atom is 0.277 e. The molecule has 0 aliphatic heterocycles. The Morgan fingerprint density at radius 1 is 1.27 bits per heavy atom. The van der Waals surface area contributed by atoms with Crippen LogP contribution in [0, 0.1) is 11.6 Å². The summed E-state index contributed by atoms with van der Waals surface area (Å²) in [5.74, 6) is -1.49. The van der Waals surface area contributed by atoms with Crippen molar-refractivity contribution >= 4 is 17.5 Å². The van der Waals surface area contributed by atoms with Gasteiger partial charge in [-0.15, -0.1) is 10.2 Å². The zero-order valence-corrected chi connectivity index (χ0v) is 13.5. The molecular formula is C15H16F2N2O2S. The third-order valence-corrected chi connectivity index (χ3v) is 3.82. The fourth-order valence-corrected chi connectivity index (χ4v) is 2.42. The van der Waals surface area contributed by atoms with Gasteiger partial charge in [0.1, 0.15) is 11.6 Å². The van der Waals surface area contributed by atoms with Gasteiger partial charge in [-0.1, -0.05) is 32.5 Å². The molecule has 22 heavy (non-hydrogen) atoms. The Kier molecular flexibility index (Phi) is 4.65. The Bertz CT molecular complexity index is 695. The number of benzene rings is 1. The minimum absolute atomic E-state index is 0.225. The highest BCUT2D eigenvalue weighted by Gasteiger charge is 2.25. The van der Waals surface area contributed by atoms with E-state index in [1.165, 1.54) is 0 Å². The van der Waals surface area contributed by atoms with Crippen LogP contribution in [0.15, 0.2) is 27.8 Å². The molecule has 4 nitrogen and oxygen atoms in total. The lowest BCUT2D eigenvalue weighted by atomic mass is 9.97. The monoisotopic (exact) mass is 326 g/mol. The average molecular weight is 326 g/mol. The summed E-state index contributed by atoms with van der Waals surface area (Å²) in [6, 6.07) is 2.80. The summed E-state index contributed by atoms with van der Waals surface area (Å²) in [6.45, 7) is 7.35. The Hall–Kier alpha value is -1.76. The first-order chi connectivity index (χ1) is 10.2. The fraction of sp³-hybridized carbons (Fsp3) is 0.400. The van der Waals surface area contributed by atoms with Gasteiger partial charge in [-0.25, -0.2) is 8.78 Å². The lowest BCUT2D eigenvalue weighted by Crippen LogP contribution is -2.15. The van der Waals surface area contributed by atoms with Gasteiger partial charge in [0.05, 0.1) is 10.8 Å². The number of halogens is 2. The number of carbonyl (C=O) groups is 1. The van der Waals surface area contributed by atoms with Crippen LogP contribution in [0.2, 0.25) is 0 Å². The van der Waals surface area contributed by atoms with Crippen molar-refractivity contribution < 1.29 is 18.0 Å². The van der Waals surface area contributed by atoms with Gasteiger partial charge < -0.3 is 4.42 Å². The first-order valence-corrected chi connectivity index (χ1v) is 7.56. The summed E-state index contributed by atoms with van der Waals surface area (Å²) in [7, 11) is 0. The van der Waals surface area contributed by atoms with Crippen molar-refractivity contribution in [2.75, 3.05) is 0 Å². The summed E-state index contributed by atoms with van der Waals surface area (Å²) in [6.07, 6.45) is 0. The summed E-state index contributed by atoms with van der Waals surface area (Å²) >= 11 is 1.02. The van der Waals surface area contributed by atoms with E-state index in [2.05, 4.69) is 10.2 Å². The van der Waals surface area contributed by atoms with E-state index >= 15 is 0 Å². The molecule has 0 aliphatic carbocycles. The molecule has 1 aromatic carbocycles. The predicted octanol–water partition coefficient (Wildman–Crippen LogP) is 4.01. The topological polar surface area (TPSA) is 56.0 Å². The number of aromatic nitrogens is 2. The standard InChI is InChI=1S/C15H16F2N2O2S/c1-8(12(20)10-7-9(16)5-6-11(10)17)22-14-19-18-13(21-14)15(2,3)4/h5-8H,1-4H3. The molecule has 118 valence electrons. The van der Waals surface area contributed by atoms with Crippen molar-refractivity contribution in [2.45, 2.75) is 43.6 Å². The molecule has 0 saturated heterocycles. The second kappa shape index (κ2) is 6.16. The van der Waals surface area contributed by atoms with Gasteiger partial charge in [0.15, 0.2) is 5.78 Å². The molecule has 0 fully saturated rings. The van der Waals surface area contributed by atoms with Crippen LogP contribution in [0.1, 0.15) is 43.9 Å². The predicted molar refractivity (Wildman–Crippen MR) is 79.0 cm³/mol. The van der Waals surface area contributed by atoms with Crippen LogP contribution in [0.5, 0.6) is 0 Å². The zero-order valence-electron chi connectivity index (χ0n) is 12.7. The van der Waals surface area contributed by atoms with E-state index in [0.717, 1.165) is 30.0 Å². The highest BCUT2D eigenvalue weighted by Crippen LogP contribution is 2.28. The molecule has 2 rings (SSSR count). The van der Waals surface area contributed by atoms with E-state index in [4.69, 9.17) is 4.42 Å². The molecular weight excluding hydrogens is 310 g/mol. The average Bonchev–Trinajstić information content (AvgIpc) is 2.89.